The number of imidazole rings is 1. The van der Waals surface area contributed by atoms with Crippen LogP contribution in [0.25, 0.3) is 0 Å². The number of aromatic amines is 2. The van der Waals surface area contributed by atoms with Gasteiger partial charge in [0.1, 0.15) is 17.6 Å². The first kappa shape index (κ1) is 16.7. The number of carbonyl (C=O) groups excluding carboxylic acids is 2. The van der Waals surface area contributed by atoms with Crippen molar-refractivity contribution in [3.63, 3.8) is 0 Å². The number of nitrogens with one attached hydrogen (secondary N) is 3. The molecule has 2 amide bonds. The van der Waals surface area contributed by atoms with E-state index in [2.05, 4.69) is 15.3 Å². The highest BCUT2D eigenvalue weighted by atomic mass is 19.1. The summed E-state index contributed by atoms with van der Waals surface area (Å²) in [5, 5.41) is 2.56. The molecule has 1 fully saturated rings. The SMILES string of the molecule is CNC(=O)C1CN(c2ccc(F)cc2)CCN1C(=O)c1c[nH]c(=O)[nH]1. The Kier molecular flexibility index (Phi) is 4.55. The van der Waals surface area contributed by atoms with Gasteiger partial charge in [-0.1, -0.05) is 0 Å². The van der Waals surface area contributed by atoms with E-state index >= 15 is 0 Å². The zero-order valence-electron chi connectivity index (χ0n) is 13.6. The van der Waals surface area contributed by atoms with Crippen LogP contribution in [0.3, 0.4) is 0 Å². The molecule has 0 bridgehead atoms. The van der Waals surface area contributed by atoms with Crippen LogP contribution in [0.15, 0.2) is 35.3 Å². The molecule has 1 unspecified atom stereocenters. The van der Waals surface area contributed by atoms with Crippen LogP contribution in [0.4, 0.5) is 10.1 Å². The maximum absolute atomic E-state index is 13.1. The molecular weight excluding hydrogens is 329 g/mol. The molecule has 132 valence electrons. The van der Waals surface area contributed by atoms with E-state index in [9.17, 15) is 18.8 Å². The average Bonchev–Trinajstić information content (AvgIpc) is 3.07. The predicted molar refractivity (Wildman–Crippen MR) is 88.9 cm³/mol. The molecule has 0 spiro atoms. The van der Waals surface area contributed by atoms with Gasteiger partial charge in [-0.25, -0.2) is 9.18 Å². The lowest BCUT2D eigenvalue weighted by molar-refractivity contribution is -0.125. The predicted octanol–water partition coefficient (Wildman–Crippen LogP) is -0.0809. The van der Waals surface area contributed by atoms with E-state index in [4.69, 9.17) is 0 Å². The van der Waals surface area contributed by atoms with E-state index in [1.54, 1.807) is 12.1 Å². The van der Waals surface area contributed by atoms with Crippen LogP contribution in [0.2, 0.25) is 0 Å². The highest BCUT2D eigenvalue weighted by Gasteiger charge is 2.36. The number of amides is 2. The Balaban J connectivity index is 1.83. The number of rotatable bonds is 3. The standard InChI is InChI=1S/C16H18FN5O3/c1-18-14(23)13-9-21(11-4-2-10(17)3-5-11)6-7-22(13)15(24)12-8-19-16(25)20-12/h2-5,8,13H,6-7,9H2,1H3,(H,18,23)(H2,19,20,25). The molecule has 0 aliphatic carbocycles. The fraction of sp³-hybridized carbons (Fsp3) is 0.312. The third kappa shape index (κ3) is 3.39. The first-order valence-electron chi connectivity index (χ1n) is 7.80. The Morgan fingerprint density at radius 2 is 1.96 bits per heavy atom. The quantitative estimate of drug-likeness (QED) is 0.723. The van der Waals surface area contributed by atoms with Crippen LogP contribution in [0.5, 0.6) is 0 Å². The van der Waals surface area contributed by atoms with Gasteiger partial charge in [-0.05, 0) is 24.3 Å². The molecule has 0 radical (unpaired) electrons. The van der Waals surface area contributed by atoms with Gasteiger partial charge < -0.3 is 25.1 Å². The number of hydrogen-bond acceptors (Lipinski definition) is 4. The second kappa shape index (κ2) is 6.80. The molecule has 1 saturated heterocycles. The molecule has 1 atom stereocenters. The number of benzene rings is 1. The minimum atomic E-state index is -0.727. The molecule has 3 N–H and O–H groups in total. The lowest BCUT2D eigenvalue weighted by Gasteiger charge is -2.41. The van der Waals surface area contributed by atoms with Gasteiger partial charge in [0.25, 0.3) is 5.91 Å². The van der Waals surface area contributed by atoms with Crippen LogP contribution in [0, 0.1) is 5.82 Å². The van der Waals surface area contributed by atoms with Crippen LogP contribution in [-0.2, 0) is 4.79 Å². The summed E-state index contributed by atoms with van der Waals surface area (Å²) in [4.78, 5) is 44.3. The fourth-order valence-electron chi connectivity index (χ4n) is 2.91. The van der Waals surface area contributed by atoms with Gasteiger partial charge in [-0.15, -0.1) is 0 Å². The van der Waals surface area contributed by atoms with E-state index in [0.717, 1.165) is 5.69 Å². The lowest BCUT2D eigenvalue weighted by Crippen LogP contribution is -2.60. The second-order valence-electron chi connectivity index (χ2n) is 5.71. The fourth-order valence-corrected chi connectivity index (χ4v) is 2.91. The molecular formula is C16H18FN5O3. The van der Waals surface area contributed by atoms with E-state index in [0.29, 0.717) is 13.1 Å². The molecule has 1 aromatic carbocycles. The van der Waals surface area contributed by atoms with Crippen molar-refractivity contribution in [3.05, 3.63) is 52.5 Å². The normalized spacial score (nSPS) is 17.4. The van der Waals surface area contributed by atoms with Crippen molar-refractivity contribution in [2.45, 2.75) is 6.04 Å². The van der Waals surface area contributed by atoms with E-state index in [1.807, 2.05) is 4.90 Å². The summed E-state index contributed by atoms with van der Waals surface area (Å²) in [5.41, 5.74) is 0.399. The smallest absolute Gasteiger partial charge is 0.323 e. The molecule has 1 aliphatic rings. The van der Waals surface area contributed by atoms with Gasteiger partial charge >= 0.3 is 5.69 Å². The highest BCUT2D eigenvalue weighted by molar-refractivity contribution is 5.96. The molecule has 2 heterocycles. The molecule has 1 aromatic heterocycles. The number of piperazine rings is 1. The molecule has 1 aliphatic heterocycles. The molecule has 0 saturated carbocycles. The number of H-pyrrole nitrogens is 2. The molecule has 8 nitrogen and oxygen atoms in total. The lowest BCUT2D eigenvalue weighted by atomic mass is 10.1. The Bertz CT molecular complexity index is 829. The molecule has 9 heteroatoms. The average molecular weight is 347 g/mol. The van der Waals surface area contributed by atoms with Crippen molar-refractivity contribution < 1.29 is 14.0 Å². The van der Waals surface area contributed by atoms with Crippen molar-refractivity contribution >= 4 is 17.5 Å². The first-order chi connectivity index (χ1) is 12.0. The summed E-state index contributed by atoms with van der Waals surface area (Å²) in [5.74, 6) is -1.07. The van der Waals surface area contributed by atoms with E-state index < -0.39 is 17.6 Å². The zero-order chi connectivity index (χ0) is 18.0. The maximum atomic E-state index is 13.1. The number of aromatic nitrogens is 2. The highest BCUT2D eigenvalue weighted by Crippen LogP contribution is 2.21. The number of hydrogen-bond donors (Lipinski definition) is 3. The van der Waals surface area contributed by atoms with Gasteiger partial charge in [0, 0.05) is 38.6 Å². The topological polar surface area (TPSA) is 101 Å². The molecule has 2 aromatic rings. The number of carbonyl (C=O) groups is 2. The number of likely N-dealkylation sites (N-methyl/N-ethyl adjacent to an activating group) is 1. The number of nitrogens with zero attached hydrogens (tertiary/aromatic N) is 2. The van der Waals surface area contributed by atoms with Crippen molar-refractivity contribution in [1.29, 1.82) is 0 Å². The Morgan fingerprint density at radius 1 is 1.24 bits per heavy atom. The van der Waals surface area contributed by atoms with Crippen molar-refractivity contribution in [1.82, 2.24) is 20.2 Å². The summed E-state index contributed by atoms with van der Waals surface area (Å²) < 4.78 is 13.1. The van der Waals surface area contributed by atoms with Gasteiger partial charge in [-0.3, -0.25) is 9.59 Å². The van der Waals surface area contributed by atoms with Crippen molar-refractivity contribution in [2.24, 2.45) is 0 Å². The van der Waals surface area contributed by atoms with E-state index in [1.165, 1.54) is 30.3 Å². The molecule has 3 rings (SSSR count). The second-order valence-corrected chi connectivity index (χ2v) is 5.71. The molecule has 25 heavy (non-hydrogen) atoms. The van der Waals surface area contributed by atoms with E-state index in [-0.39, 0.29) is 24.0 Å². The minimum absolute atomic E-state index is 0.106. The van der Waals surface area contributed by atoms with Gasteiger partial charge in [0.15, 0.2) is 0 Å². The van der Waals surface area contributed by atoms with Crippen LogP contribution in [-0.4, -0.2) is 59.4 Å². The zero-order valence-corrected chi connectivity index (χ0v) is 13.6. The van der Waals surface area contributed by atoms with Crippen molar-refractivity contribution in [3.8, 4) is 0 Å². The monoisotopic (exact) mass is 347 g/mol. The van der Waals surface area contributed by atoms with Crippen LogP contribution in [0.1, 0.15) is 10.5 Å². The number of halogens is 1. The summed E-state index contributed by atoms with van der Waals surface area (Å²) >= 11 is 0. The van der Waals surface area contributed by atoms with Crippen molar-refractivity contribution in [2.75, 3.05) is 31.6 Å². The largest absolute Gasteiger partial charge is 0.367 e. The summed E-state index contributed by atoms with van der Waals surface area (Å²) in [6.07, 6.45) is 1.29. The third-order valence-electron chi connectivity index (χ3n) is 4.21. The minimum Gasteiger partial charge on any atom is -0.367 e. The van der Waals surface area contributed by atoms with Gasteiger partial charge in [0.05, 0.1) is 0 Å². The first-order valence-corrected chi connectivity index (χ1v) is 7.80. The summed E-state index contributed by atoms with van der Waals surface area (Å²) in [6.45, 7) is 1.05. The number of anilines is 1. The van der Waals surface area contributed by atoms with Crippen LogP contribution >= 0.6 is 0 Å². The van der Waals surface area contributed by atoms with Gasteiger partial charge in [0.2, 0.25) is 5.91 Å². The summed E-state index contributed by atoms with van der Waals surface area (Å²) in [7, 11) is 1.50. The third-order valence-corrected chi connectivity index (χ3v) is 4.21. The summed E-state index contributed by atoms with van der Waals surface area (Å²) in [6, 6.07) is 5.25. The van der Waals surface area contributed by atoms with Crippen LogP contribution < -0.4 is 15.9 Å². The Labute approximate surface area is 142 Å². The Hall–Kier alpha value is -3.10. The van der Waals surface area contributed by atoms with Gasteiger partial charge in [-0.2, -0.15) is 0 Å². The maximum Gasteiger partial charge on any atom is 0.323 e. The Morgan fingerprint density at radius 3 is 2.56 bits per heavy atom.